The molecule has 4 unspecified atom stereocenters. The standard InChI is InChI=1S/C20H18N2O4S/c23-17(21-13-4-2-1-3-5-13)14-8-9-27-19(14)22-18(24)15-11-6-7-12(10-11)16(15)20(25)26/h1-9,11-12,15-16H,10H2,(H,21,23)(H,22,24)(H,25,26). The number of thiophene rings is 1. The molecule has 6 nitrogen and oxygen atoms in total. The van der Waals surface area contributed by atoms with Gasteiger partial charge in [0.05, 0.1) is 17.4 Å². The Labute approximate surface area is 159 Å². The molecule has 2 amide bonds. The summed E-state index contributed by atoms with van der Waals surface area (Å²) in [4.78, 5) is 37.0. The lowest BCUT2D eigenvalue weighted by atomic mass is 9.82. The summed E-state index contributed by atoms with van der Waals surface area (Å²) >= 11 is 1.25. The molecule has 1 fully saturated rings. The Bertz CT molecular complexity index is 921. The molecule has 1 aromatic heterocycles. The molecule has 138 valence electrons. The second-order valence-electron chi connectivity index (χ2n) is 6.81. The monoisotopic (exact) mass is 382 g/mol. The van der Waals surface area contributed by atoms with Crippen molar-refractivity contribution in [1.82, 2.24) is 0 Å². The molecule has 1 saturated carbocycles. The largest absolute Gasteiger partial charge is 0.481 e. The first-order chi connectivity index (χ1) is 13.0. The Morgan fingerprint density at radius 3 is 2.37 bits per heavy atom. The van der Waals surface area contributed by atoms with E-state index >= 15 is 0 Å². The summed E-state index contributed by atoms with van der Waals surface area (Å²) in [5.74, 6) is -3.06. The fourth-order valence-electron chi connectivity index (χ4n) is 4.02. The van der Waals surface area contributed by atoms with Crippen LogP contribution in [-0.2, 0) is 9.59 Å². The van der Waals surface area contributed by atoms with E-state index in [1.165, 1.54) is 11.3 Å². The lowest BCUT2D eigenvalue weighted by Crippen LogP contribution is -2.36. The minimum atomic E-state index is -0.944. The molecule has 4 atom stereocenters. The van der Waals surface area contributed by atoms with Gasteiger partial charge in [-0.1, -0.05) is 30.4 Å². The predicted octanol–water partition coefficient (Wildman–Crippen LogP) is 3.46. The summed E-state index contributed by atoms with van der Waals surface area (Å²) in [7, 11) is 0. The smallest absolute Gasteiger partial charge is 0.307 e. The van der Waals surface area contributed by atoms with E-state index in [2.05, 4.69) is 10.6 Å². The summed E-state index contributed by atoms with van der Waals surface area (Å²) in [5.41, 5.74) is 1.03. The highest BCUT2D eigenvalue weighted by Gasteiger charge is 2.51. The fourth-order valence-corrected chi connectivity index (χ4v) is 4.80. The van der Waals surface area contributed by atoms with Crippen molar-refractivity contribution in [1.29, 1.82) is 0 Å². The van der Waals surface area contributed by atoms with Crippen molar-refractivity contribution in [2.24, 2.45) is 23.7 Å². The van der Waals surface area contributed by atoms with Crippen LogP contribution in [0.3, 0.4) is 0 Å². The van der Waals surface area contributed by atoms with E-state index in [-0.39, 0.29) is 23.7 Å². The van der Waals surface area contributed by atoms with Gasteiger partial charge in [0, 0.05) is 5.69 Å². The average Bonchev–Trinajstić information content (AvgIpc) is 3.37. The first-order valence-electron chi connectivity index (χ1n) is 8.70. The Hall–Kier alpha value is -2.93. The van der Waals surface area contributed by atoms with Gasteiger partial charge in [0.25, 0.3) is 5.91 Å². The van der Waals surface area contributed by atoms with Crippen LogP contribution in [0.4, 0.5) is 10.7 Å². The lowest BCUT2D eigenvalue weighted by Gasteiger charge is -2.23. The first-order valence-corrected chi connectivity index (χ1v) is 9.58. The zero-order valence-corrected chi connectivity index (χ0v) is 15.1. The number of fused-ring (bicyclic) bond motifs is 2. The molecule has 1 aromatic carbocycles. The van der Waals surface area contributed by atoms with Crippen molar-refractivity contribution in [3.8, 4) is 0 Å². The molecule has 2 aliphatic carbocycles. The molecule has 1 heterocycles. The number of hydrogen-bond acceptors (Lipinski definition) is 4. The first kappa shape index (κ1) is 17.5. The number of benzene rings is 1. The topological polar surface area (TPSA) is 95.5 Å². The molecular weight excluding hydrogens is 364 g/mol. The second-order valence-corrected chi connectivity index (χ2v) is 7.73. The number of para-hydroxylation sites is 1. The average molecular weight is 382 g/mol. The van der Waals surface area contributed by atoms with E-state index in [1.54, 1.807) is 23.6 Å². The number of nitrogens with one attached hydrogen (secondary N) is 2. The number of anilines is 2. The number of carbonyl (C=O) groups is 3. The highest BCUT2D eigenvalue weighted by Crippen LogP contribution is 2.48. The van der Waals surface area contributed by atoms with Gasteiger partial charge < -0.3 is 15.7 Å². The van der Waals surface area contributed by atoms with Crippen LogP contribution < -0.4 is 10.6 Å². The summed E-state index contributed by atoms with van der Waals surface area (Å²) in [6, 6.07) is 10.7. The van der Waals surface area contributed by atoms with Crippen molar-refractivity contribution >= 4 is 39.8 Å². The number of carboxylic acid groups (broad SMARTS) is 1. The van der Waals surface area contributed by atoms with Gasteiger partial charge in [0.1, 0.15) is 5.00 Å². The number of rotatable bonds is 5. The van der Waals surface area contributed by atoms with Crippen molar-refractivity contribution in [2.75, 3.05) is 10.6 Å². The van der Waals surface area contributed by atoms with Gasteiger partial charge in [-0.2, -0.15) is 0 Å². The third kappa shape index (κ3) is 3.26. The maximum absolute atomic E-state index is 12.8. The fraction of sp³-hybridized carbons (Fsp3) is 0.250. The van der Waals surface area contributed by atoms with Crippen LogP contribution in [0.5, 0.6) is 0 Å². The molecule has 0 saturated heterocycles. The van der Waals surface area contributed by atoms with E-state index in [0.29, 0.717) is 22.7 Å². The highest BCUT2D eigenvalue weighted by atomic mass is 32.1. The Kier molecular flexibility index (Phi) is 4.53. The molecule has 0 radical (unpaired) electrons. The number of amides is 2. The predicted molar refractivity (Wildman–Crippen MR) is 103 cm³/mol. The zero-order valence-electron chi connectivity index (χ0n) is 14.3. The normalized spacial score (nSPS) is 25.3. The number of allylic oxidation sites excluding steroid dienone is 2. The molecule has 4 rings (SSSR count). The van der Waals surface area contributed by atoms with Crippen LogP contribution in [0, 0.1) is 23.7 Å². The van der Waals surface area contributed by atoms with E-state index in [9.17, 15) is 19.5 Å². The maximum Gasteiger partial charge on any atom is 0.307 e. The number of hydrogen-bond donors (Lipinski definition) is 3. The van der Waals surface area contributed by atoms with Gasteiger partial charge in [-0.25, -0.2) is 0 Å². The number of carboxylic acids is 1. The summed E-state index contributed by atoms with van der Waals surface area (Å²) in [6.07, 6.45) is 4.53. The van der Waals surface area contributed by atoms with Crippen molar-refractivity contribution in [3.05, 3.63) is 59.5 Å². The van der Waals surface area contributed by atoms with Gasteiger partial charge in [0.15, 0.2) is 0 Å². The van der Waals surface area contributed by atoms with Gasteiger partial charge in [0.2, 0.25) is 5.91 Å². The van der Waals surface area contributed by atoms with Crippen molar-refractivity contribution in [2.45, 2.75) is 6.42 Å². The van der Waals surface area contributed by atoms with E-state index in [4.69, 9.17) is 0 Å². The van der Waals surface area contributed by atoms with Crippen LogP contribution in [0.25, 0.3) is 0 Å². The molecule has 7 heteroatoms. The minimum Gasteiger partial charge on any atom is -0.481 e. The quantitative estimate of drug-likeness (QED) is 0.690. The lowest BCUT2D eigenvalue weighted by molar-refractivity contribution is -0.146. The highest BCUT2D eigenvalue weighted by molar-refractivity contribution is 7.14. The van der Waals surface area contributed by atoms with Crippen molar-refractivity contribution in [3.63, 3.8) is 0 Å². The summed E-state index contributed by atoms with van der Waals surface area (Å²) in [5, 5.41) is 17.3. The van der Waals surface area contributed by atoms with E-state index in [1.807, 2.05) is 30.4 Å². The van der Waals surface area contributed by atoms with E-state index < -0.39 is 17.8 Å². The molecule has 27 heavy (non-hydrogen) atoms. The van der Waals surface area contributed by atoms with E-state index in [0.717, 1.165) is 0 Å². The van der Waals surface area contributed by atoms with Crippen LogP contribution in [0.2, 0.25) is 0 Å². The second kappa shape index (κ2) is 7.00. The zero-order chi connectivity index (χ0) is 19.0. The van der Waals surface area contributed by atoms with Gasteiger partial charge in [-0.15, -0.1) is 11.3 Å². The Balaban J connectivity index is 1.50. The number of aliphatic carboxylic acids is 1. The minimum absolute atomic E-state index is 0.0577. The van der Waals surface area contributed by atoms with Crippen molar-refractivity contribution < 1.29 is 19.5 Å². The Morgan fingerprint density at radius 2 is 1.67 bits per heavy atom. The number of carbonyl (C=O) groups excluding carboxylic acids is 2. The van der Waals surface area contributed by atoms with Gasteiger partial charge in [-0.05, 0) is 41.8 Å². The van der Waals surface area contributed by atoms with Crippen LogP contribution in [-0.4, -0.2) is 22.9 Å². The maximum atomic E-state index is 12.8. The van der Waals surface area contributed by atoms with Crippen LogP contribution in [0.1, 0.15) is 16.8 Å². The summed E-state index contributed by atoms with van der Waals surface area (Å²) < 4.78 is 0. The SMILES string of the molecule is O=C(Nc1ccccc1)c1ccsc1NC(=O)C1C2C=CC(C2)C1C(=O)O. The molecule has 0 aliphatic heterocycles. The third-order valence-electron chi connectivity index (χ3n) is 5.23. The Morgan fingerprint density at radius 1 is 0.963 bits per heavy atom. The molecule has 2 aromatic rings. The molecular formula is C20H18N2O4S. The van der Waals surface area contributed by atoms with Crippen LogP contribution >= 0.6 is 11.3 Å². The third-order valence-corrected chi connectivity index (χ3v) is 6.06. The molecule has 3 N–H and O–H groups in total. The summed E-state index contributed by atoms with van der Waals surface area (Å²) in [6.45, 7) is 0. The van der Waals surface area contributed by atoms with Gasteiger partial charge in [-0.3, -0.25) is 14.4 Å². The molecule has 0 spiro atoms. The van der Waals surface area contributed by atoms with Gasteiger partial charge >= 0.3 is 5.97 Å². The molecule has 2 bridgehead atoms. The molecule has 2 aliphatic rings. The van der Waals surface area contributed by atoms with Crippen LogP contribution in [0.15, 0.2) is 53.9 Å².